The van der Waals surface area contributed by atoms with Gasteiger partial charge >= 0.3 is 5.97 Å². The van der Waals surface area contributed by atoms with E-state index in [1.54, 1.807) is 40.0 Å². The number of esters is 1. The molecule has 18 heavy (non-hydrogen) atoms. The fraction of sp³-hybridized carbons (Fsp3) is 0.583. The first-order chi connectivity index (χ1) is 8.28. The van der Waals surface area contributed by atoms with Gasteiger partial charge in [0.1, 0.15) is 11.6 Å². The third-order valence-corrected chi connectivity index (χ3v) is 2.05. The second-order valence-corrected chi connectivity index (χ2v) is 5.08. The van der Waals surface area contributed by atoms with Gasteiger partial charge in [0.2, 0.25) is 5.91 Å². The molecule has 1 rings (SSSR count). The number of aromatic amines is 1. The molecule has 0 fully saturated rings. The molecule has 6 nitrogen and oxygen atoms in total. The Kier molecular flexibility index (Phi) is 4.47. The van der Waals surface area contributed by atoms with Crippen LogP contribution in [-0.4, -0.2) is 33.7 Å². The Morgan fingerprint density at radius 3 is 2.67 bits per heavy atom. The van der Waals surface area contributed by atoms with Crippen molar-refractivity contribution < 1.29 is 14.3 Å². The fourth-order valence-corrected chi connectivity index (χ4v) is 1.30. The maximum atomic E-state index is 11.6. The van der Waals surface area contributed by atoms with Gasteiger partial charge in [0, 0.05) is 11.9 Å². The predicted molar refractivity (Wildman–Crippen MR) is 65.7 cm³/mol. The fourth-order valence-electron chi connectivity index (χ4n) is 1.30. The van der Waals surface area contributed by atoms with Gasteiger partial charge in [-0.15, -0.1) is 0 Å². The number of hydrogen-bond donors (Lipinski definition) is 2. The van der Waals surface area contributed by atoms with E-state index >= 15 is 0 Å². The first kappa shape index (κ1) is 14.2. The highest BCUT2D eigenvalue weighted by molar-refractivity contribution is 5.85. The third-order valence-electron chi connectivity index (χ3n) is 2.05. The highest BCUT2D eigenvalue weighted by atomic mass is 16.6. The van der Waals surface area contributed by atoms with Crippen LogP contribution in [0.4, 0.5) is 0 Å². The Morgan fingerprint density at radius 2 is 2.17 bits per heavy atom. The van der Waals surface area contributed by atoms with Crippen molar-refractivity contribution in [1.82, 2.24) is 15.5 Å². The van der Waals surface area contributed by atoms with Crippen molar-refractivity contribution in [3.63, 3.8) is 0 Å². The molecule has 0 aliphatic rings. The smallest absolute Gasteiger partial charge is 0.328 e. The molecule has 0 aliphatic heterocycles. The largest absolute Gasteiger partial charge is 0.458 e. The molecule has 0 saturated carbocycles. The number of ether oxygens (including phenoxy) is 1. The standard InChI is InChI=1S/C12H19N3O3/c1-8(11(17)18-12(2,3)4)14-10(16)7-9-5-6-13-15-9/h5-6,8H,7H2,1-4H3,(H,13,15)(H,14,16)/t8-/m0/s1. The van der Waals surface area contributed by atoms with E-state index in [1.807, 2.05) is 0 Å². The lowest BCUT2D eigenvalue weighted by Crippen LogP contribution is -2.42. The Labute approximate surface area is 106 Å². The number of amides is 1. The van der Waals surface area contributed by atoms with Crippen molar-refractivity contribution in [2.75, 3.05) is 0 Å². The number of H-pyrrole nitrogens is 1. The Balaban J connectivity index is 2.42. The molecule has 1 atom stereocenters. The van der Waals surface area contributed by atoms with E-state index < -0.39 is 17.6 Å². The number of hydrogen-bond acceptors (Lipinski definition) is 4. The minimum Gasteiger partial charge on any atom is -0.458 e. The summed E-state index contributed by atoms with van der Waals surface area (Å²) in [6.45, 7) is 6.94. The molecule has 1 heterocycles. The second kappa shape index (κ2) is 5.66. The van der Waals surface area contributed by atoms with E-state index in [9.17, 15) is 9.59 Å². The molecule has 0 spiro atoms. The van der Waals surface area contributed by atoms with Gasteiger partial charge in [-0.25, -0.2) is 4.79 Å². The van der Waals surface area contributed by atoms with Gasteiger partial charge in [-0.2, -0.15) is 5.10 Å². The average Bonchev–Trinajstić information content (AvgIpc) is 2.67. The normalized spacial score (nSPS) is 12.9. The lowest BCUT2D eigenvalue weighted by atomic mass is 10.2. The van der Waals surface area contributed by atoms with Gasteiger partial charge < -0.3 is 10.1 Å². The van der Waals surface area contributed by atoms with Gasteiger partial charge in [-0.3, -0.25) is 9.89 Å². The summed E-state index contributed by atoms with van der Waals surface area (Å²) in [5.41, 5.74) is 0.142. The van der Waals surface area contributed by atoms with E-state index in [-0.39, 0.29) is 12.3 Å². The van der Waals surface area contributed by atoms with Gasteiger partial charge in [0.05, 0.1) is 6.42 Å². The van der Waals surface area contributed by atoms with Crippen molar-refractivity contribution in [1.29, 1.82) is 0 Å². The number of carbonyl (C=O) groups excluding carboxylic acids is 2. The van der Waals surface area contributed by atoms with Crippen molar-refractivity contribution in [3.05, 3.63) is 18.0 Å². The molecule has 2 N–H and O–H groups in total. The van der Waals surface area contributed by atoms with Crippen LogP contribution in [0.2, 0.25) is 0 Å². The summed E-state index contributed by atoms with van der Waals surface area (Å²) in [5, 5.41) is 9.00. The topological polar surface area (TPSA) is 84.1 Å². The zero-order valence-electron chi connectivity index (χ0n) is 11.1. The van der Waals surface area contributed by atoms with Crippen LogP contribution in [-0.2, 0) is 20.7 Å². The Morgan fingerprint density at radius 1 is 1.50 bits per heavy atom. The van der Waals surface area contributed by atoms with Crippen LogP contribution in [0.1, 0.15) is 33.4 Å². The average molecular weight is 253 g/mol. The van der Waals surface area contributed by atoms with Crippen LogP contribution >= 0.6 is 0 Å². The number of nitrogens with one attached hydrogen (secondary N) is 2. The SMILES string of the molecule is C[C@H](NC(=O)Cc1ccn[nH]1)C(=O)OC(C)(C)C. The molecule has 1 amide bonds. The summed E-state index contributed by atoms with van der Waals surface area (Å²) in [4.78, 5) is 23.3. The molecular formula is C12H19N3O3. The third kappa shape index (κ3) is 4.99. The Bertz CT molecular complexity index is 407. The molecule has 100 valence electrons. The summed E-state index contributed by atoms with van der Waals surface area (Å²) in [6, 6.07) is 1.04. The first-order valence-corrected chi connectivity index (χ1v) is 5.78. The van der Waals surface area contributed by atoms with Crippen molar-refractivity contribution in [3.8, 4) is 0 Å². The summed E-state index contributed by atoms with van der Waals surface area (Å²) < 4.78 is 5.16. The zero-order valence-corrected chi connectivity index (χ0v) is 11.1. The summed E-state index contributed by atoms with van der Waals surface area (Å²) >= 11 is 0. The van der Waals surface area contributed by atoms with Crippen molar-refractivity contribution in [2.24, 2.45) is 0 Å². The highest BCUT2D eigenvalue weighted by Crippen LogP contribution is 2.08. The van der Waals surface area contributed by atoms with Gasteiger partial charge in [-0.05, 0) is 33.8 Å². The monoisotopic (exact) mass is 253 g/mol. The molecular weight excluding hydrogens is 234 g/mol. The maximum absolute atomic E-state index is 11.6. The van der Waals surface area contributed by atoms with Crippen molar-refractivity contribution >= 4 is 11.9 Å². The van der Waals surface area contributed by atoms with Crippen LogP contribution in [0, 0.1) is 0 Å². The molecule has 1 aromatic heterocycles. The lowest BCUT2D eigenvalue weighted by Gasteiger charge is -2.22. The van der Waals surface area contributed by atoms with E-state index in [2.05, 4.69) is 15.5 Å². The molecule has 1 aromatic rings. The Hall–Kier alpha value is -1.85. The van der Waals surface area contributed by atoms with E-state index in [0.29, 0.717) is 5.69 Å². The summed E-state index contributed by atoms with van der Waals surface area (Å²) in [5.74, 6) is -0.696. The zero-order chi connectivity index (χ0) is 13.8. The minimum absolute atomic E-state index is 0.160. The second-order valence-electron chi connectivity index (χ2n) is 5.08. The number of nitrogens with zero attached hydrogens (tertiary/aromatic N) is 1. The van der Waals surface area contributed by atoms with Gasteiger partial charge in [-0.1, -0.05) is 0 Å². The number of rotatable bonds is 4. The predicted octanol–water partition coefficient (Wildman–Crippen LogP) is 0.799. The summed E-state index contributed by atoms with van der Waals surface area (Å²) in [6.07, 6.45) is 1.73. The van der Waals surface area contributed by atoms with Crippen LogP contribution in [0.25, 0.3) is 0 Å². The maximum Gasteiger partial charge on any atom is 0.328 e. The first-order valence-electron chi connectivity index (χ1n) is 5.78. The summed E-state index contributed by atoms with van der Waals surface area (Å²) in [7, 11) is 0. The molecule has 0 unspecified atom stereocenters. The van der Waals surface area contributed by atoms with E-state index in [1.165, 1.54) is 0 Å². The van der Waals surface area contributed by atoms with Crippen LogP contribution in [0.5, 0.6) is 0 Å². The lowest BCUT2D eigenvalue weighted by molar-refractivity contribution is -0.158. The van der Waals surface area contributed by atoms with Crippen LogP contribution in [0.15, 0.2) is 12.3 Å². The van der Waals surface area contributed by atoms with Crippen LogP contribution < -0.4 is 5.32 Å². The number of carbonyl (C=O) groups is 2. The van der Waals surface area contributed by atoms with Crippen LogP contribution in [0.3, 0.4) is 0 Å². The number of aromatic nitrogens is 2. The molecule has 0 saturated heterocycles. The van der Waals surface area contributed by atoms with Gasteiger partial charge in [0.25, 0.3) is 0 Å². The quantitative estimate of drug-likeness (QED) is 0.777. The molecule has 6 heteroatoms. The highest BCUT2D eigenvalue weighted by Gasteiger charge is 2.22. The molecule has 0 bridgehead atoms. The molecule has 0 radical (unpaired) electrons. The van der Waals surface area contributed by atoms with E-state index in [4.69, 9.17) is 4.74 Å². The molecule has 0 aliphatic carbocycles. The molecule has 0 aromatic carbocycles. The minimum atomic E-state index is -0.667. The van der Waals surface area contributed by atoms with E-state index in [0.717, 1.165) is 0 Å². The van der Waals surface area contributed by atoms with Gasteiger partial charge in [0.15, 0.2) is 0 Å². The van der Waals surface area contributed by atoms with Crippen molar-refractivity contribution in [2.45, 2.75) is 45.8 Å².